The molecule has 4 rings (SSSR count). The summed E-state index contributed by atoms with van der Waals surface area (Å²) >= 11 is 0. The molecular weight excluding hydrogens is 413 g/mol. The van der Waals surface area contributed by atoms with Gasteiger partial charge in [0.15, 0.2) is 0 Å². The number of aliphatic imine (C=N–C) groups is 2. The molecule has 0 spiro atoms. The van der Waals surface area contributed by atoms with Gasteiger partial charge >= 0.3 is 0 Å². The van der Waals surface area contributed by atoms with Crippen LogP contribution in [-0.2, 0) is 4.79 Å². The predicted octanol–water partition coefficient (Wildman–Crippen LogP) is 3.01. The van der Waals surface area contributed by atoms with Gasteiger partial charge in [-0.1, -0.05) is 0 Å². The number of hydrogen-bond donors (Lipinski definition) is 3. The Morgan fingerprint density at radius 2 is 2.19 bits per heavy atom. The maximum Gasteiger partial charge on any atom is 0.267 e. The number of nitrogens with zero attached hydrogens (tertiary/aromatic N) is 4. The van der Waals surface area contributed by atoms with Crippen LogP contribution >= 0.6 is 0 Å². The highest BCUT2D eigenvalue weighted by atomic mass is 19.3. The number of hydrogen-bond acceptors (Lipinski definition) is 6. The van der Waals surface area contributed by atoms with Gasteiger partial charge in [0.25, 0.3) is 6.43 Å². The number of halogens is 3. The van der Waals surface area contributed by atoms with E-state index in [0.29, 0.717) is 19.3 Å². The van der Waals surface area contributed by atoms with Crippen molar-refractivity contribution in [3.05, 3.63) is 46.9 Å². The second kappa shape index (κ2) is 8.34. The lowest BCUT2D eigenvalue weighted by Gasteiger charge is -2.23. The monoisotopic (exact) mass is 432 g/mol. The molecule has 2 heterocycles. The molecule has 2 aliphatic rings. The van der Waals surface area contributed by atoms with Gasteiger partial charge in [-0.3, -0.25) is 14.9 Å². The van der Waals surface area contributed by atoms with Crippen LogP contribution in [0.3, 0.4) is 0 Å². The number of aliphatic hydroxyl groups excluding tert-OH is 1. The Labute approximate surface area is 174 Å². The minimum Gasteiger partial charge on any atom is -0.388 e. The maximum atomic E-state index is 15.4. The van der Waals surface area contributed by atoms with Crippen molar-refractivity contribution >= 4 is 35.9 Å². The number of amides is 1. The molecule has 0 bridgehead atoms. The van der Waals surface area contributed by atoms with Gasteiger partial charge in [0, 0.05) is 35.1 Å². The number of alkyl halides is 2. The number of H-pyrrole nitrogens is 1. The molecule has 8 nitrogen and oxygen atoms in total. The molecule has 1 aliphatic heterocycles. The second-order valence-electron chi connectivity index (χ2n) is 7.22. The van der Waals surface area contributed by atoms with E-state index >= 15 is 4.39 Å². The quantitative estimate of drug-likeness (QED) is 0.440. The van der Waals surface area contributed by atoms with E-state index in [2.05, 4.69) is 32.2 Å². The van der Waals surface area contributed by atoms with Crippen LogP contribution < -0.4 is 5.32 Å². The highest BCUT2D eigenvalue weighted by molar-refractivity contribution is 5.97. The first-order valence-electron chi connectivity index (χ1n) is 9.50. The van der Waals surface area contributed by atoms with Gasteiger partial charge in [0.2, 0.25) is 6.41 Å². The third-order valence-corrected chi connectivity index (χ3v) is 5.24. The van der Waals surface area contributed by atoms with Crippen LogP contribution in [0.1, 0.15) is 42.1 Å². The van der Waals surface area contributed by atoms with Crippen LogP contribution in [0.25, 0.3) is 16.6 Å². The minimum absolute atomic E-state index is 0.0741. The maximum absolute atomic E-state index is 15.4. The zero-order valence-corrected chi connectivity index (χ0v) is 16.2. The molecule has 0 saturated heterocycles. The summed E-state index contributed by atoms with van der Waals surface area (Å²) in [6.07, 6.45) is 3.11. The van der Waals surface area contributed by atoms with Crippen molar-refractivity contribution in [2.75, 3.05) is 6.54 Å². The average Bonchev–Trinajstić information content (AvgIpc) is 3.50. The number of nitrogens with one attached hydrogen (secondary N) is 2. The van der Waals surface area contributed by atoms with Gasteiger partial charge in [0.05, 0.1) is 35.6 Å². The minimum atomic E-state index is -3.15. The predicted molar refractivity (Wildman–Crippen MR) is 109 cm³/mol. The molecule has 11 heteroatoms. The molecule has 1 aromatic carbocycles. The summed E-state index contributed by atoms with van der Waals surface area (Å²) in [7, 11) is 0. The number of aromatic nitrogens is 2. The average molecular weight is 432 g/mol. The van der Waals surface area contributed by atoms with E-state index in [1.54, 1.807) is 0 Å². The fraction of sp³-hybridized carbons (Fsp3) is 0.300. The van der Waals surface area contributed by atoms with Crippen molar-refractivity contribution < 1.29 is 23.1 Å². The third kappa shape index (κ3) is 3.83. The molecule has 2 aromatic rings. The highest BCUT2D eigenvalue weighted by Crippen LogP contribution is 2.47. The van der Waals surface area contributed by atoms with Crippen LogP contribution in [0.5, 0.6) is 0 Å². The Bertz CT molecular complexity index is 1120. The normalized spacial score (nSPS) is 17.8. The van der Waals surface area contributed by atoms with Crippen molar-refractivity contribution in [3.8, 4) is 0 Å². The van der Waals surface area contributed by atoms with E-state index in [-0.39, 0.29) is 46.0 Å². The molecule has 1 fully saturated rings. The molecule has 1 amide bonds. The van der Waals surface area contributed by atoms with Crippen LogP contribution in [-0.4, -0.2) is 46.1 Å². The fourth-order valence-electron chi connectivity index (χ4n) is 3.63. The highest BCUT2D eigenvalue weighted by Gasteiger charge is 2.37. The van der Waals surface area contributed by atoms with Gasteiger partial charge in [-0.25, -0.2) is 18.2 Å². The summed E-state index contributed by atoms with van der Waals surface area (Å²) in [6, 6.07) is 0. The van der Waals surface area contributed by atoms with Crippen LogP contribution in [0.15, 0.2) is 34.4 Å². The van der Waals surface area contributed by atoms with Crippen molar-refractivity contribution in [2.45, 2.75) is 25.4 Å². The van der Waals surface area contributed by atoms with Crippen LogP contribution in [0.2, 0.25) is 0 Å². The lowest BCUT2D eigenvalue weighted by atomic mass is 9.92. The summed E-state index contributed by atoms with van der Waals surface area (Å²) in [5.74, 6) is -1.20. The number of rotatable bonds is 8. The summed E-state index contributed by atoms with van der Waals surface area (Å²) in [6.45, 7) is 3.61. The molecule has 162 valence electrons. The van der Waals surface area contributed by atoms with Gasteiger partial charge < -0.3 is 15.3 Å². The number of carbonyl (C=O) groups excluding carboxylic acids is 1. The van der Waals surface area contributed by atoms with E-state index in [1.807, 2.05) is 0 Å². The molecule has 31 heavy (non-hydrogen) atoms. The zero-order chi connectivity index (χ0) is 22.1. The van der Waals surface area contributed by atoms with Crippen molar-refractivity contribution in [3.63, 3.8) is 0 Å². The number of aliphatic hydroxyl groups is 1. The lowest BCUT2D eigenvalue weighted by molar-refractivity contribution is -0.108. The molecule has 1 aliphatic carbocycles. The smallest absolute Gasteiger partial charge is 0.267 e. The number of aromatic amines is 1. The van der Waals surface area contributed by atoms with Crippen molar-refractivity contribution in [2.24, 2.45) is 15.9 Å². The van der Waals surface area contributed by atoms with Gasteiger partial charge in [-0.05, 0) is 25.5 Å². The van der Waals surface area contributed by atoms with E-state index in [4.69, 9.17) is 0 Å². The number of fused-ring (bicyclic) bond motifs is 1. The van der Waals surface area contributed by atoms with Crippen molar-refractivity contribution in [1.29, 1.82) is 0 Å². The molecular formula is C20H19F3N6O2. The summed E-state index contributed by atoms with van der Waals surface area (Å²) in [5, 5.41) is 19.7. The molecule has 1 aromatic heterocycles. The standard InChI is InChI=1S/C20H19F3N6O2/c1-24-13(26-9-30)8-29-5-4-25-12(7-29)14-11-6-27-28-18(11)16(19(31)10-2-3-10)17(21)15(14)20(22)23/h4,6-10,19-20,31H,1-3,5H2,(H,26,30)(H,27,28)/b13-8+. The summed E-state index contributed by atoms with van der Waals surface area (Å²) in [5.41, 5.74) is -0.916. The fourth-order valence-corrected chi connectivity index (χ4v) is 3.63. The van der Waals surface area contributed by atoms with Gasteiger partial charge in [-0.2, -0.15) is 5.10 Å². The largest absolute Gasteiger partial charge is 0.388 e. The second-order valence-corrected chi connectivity index (χ2v) is 7.22. The summed E-state index contributed by atoms with van der Waals surface area (Å²) in [4.78, 5) is 20.0. The number of benzene rings is 1. The van der Waals surface area contributed by atoms with E-state index in [1.165, 1.54) is 29.7 Å². The molecule has 1 unspecified atom stereocenters. The summed E-state index contributed by atoms with van der Waals surface area (Å²) < 4.78 is 43.5. The van der Waals surface area contributed by atoms with E-state index < -0.39 is 23.9 Å². The Balaban J connectivity index is 1.89. The Morgan fingerprint density at radius 1 is 1.42 bits per heavy atom. The Morgan fingerprint density at radius 3 is 2.84 bits per heavy atom. The van der Waals surface area contributed by atoms with Crippen LogP contribution in [0.4, 0.5) is 13.2 Å². The number of carbonyl (C=O) groups is 1. The molecule has 1 saturated carbocycles. The SMILES string of the molecule is C=N/C(=C\N1C=C(c2c(C(F)F)c(F)c(C(O)C3CC3)c3[nH]ncc23)N=CC1)NC=O. The van der Waals surface area contributed by atoms with E-state index in [0.717, 1.165) is 0 Å². The zero-order valence-electron chi connectivity index (χ0n) is 16.2. The first kappa shape index (κ1) is 20.8. The van der Waals surface area contributed by atoms with Gasteiger partial charge in [-0.15, -0.1) is 0 Å². The first-order valence-corrected chi connectivity index (χ1v) is 9.50. The third-order valence-electron chi connectivity index (χ3n) is 5.24. The lowest BCUT2D eigenvalue weighted by Crippen LogP contribution is -2.20. The Kier molecular flexibility index (Phi) is 5.59. The Hall–Kier alpha value is -3.47. The topological polar surface area (TPSA) is 106 Å². The van der Waals surface area contributed by atoms with Crippen molar-refractivity contribution in [1.82, 2.24) is 20.4 Å². The van der Waals surface area contributed by atoms with E-state index in [9.17, 15) is 18.7 Å². The molecule has 1 atom stereocenters. The molecule has 0 radical (unpaired) electrons. The molecule has 3 N–H and O–H groups in total. The van der Waals surface area contributed by atoms with Crippen LogP contribution in [0, 0.1) is 11.7 Å². The van der Waals surface area contributed by atoms with Gasteiger partial charge in [0.1, 0.15) is 11.6 Å². The first-order chi connectivity index (χ1) is 15.0.